The second kappa shape index (κ2) is 11.0. The molecule has 3 rings (SSSR count). The molecule has 0 fully saturated rings. The predicted octanol–water partition coefficient (Wildman–Crippen LogP) is 3.99. The molecule has 9 heteroatoms. The summed E-state index contributed by atoms with van der Waals surface area (Å²) in [6, 6.07) is 11.1. The molecule has 0 bridgehead atoms. The van der Waals surface area contributed by atoms with Gasteiger partial charge in [-0.2, -0.15) is 0 Å². The first kappa shape index (κ1) is 23.6. The number of rotatable bonds is 8. The third kappa shape index (κ3) is 6.23. The molecule has 1 aliphatic rings. The summed E-state index contributed by atoms with van der Waals surface area (Å²) < 4.78 is 39.3. The molecular weight excluding hydrogens is 430 g/mol. The third-order valence-corrected chi connectivity index (χ3v) is 6.21. The largest absolute Gasteiger partial charge is 0.490 e. The number of nitrogens with zero attached hydrogens (tertiary/aromatic N) is 1. The Morgan fingerprint density at radius 1 is 1.00 bits per heavy atom. The number of hydrogen-bond donors (Lipinski definition) is 2. The first-order chi connectivity index (χ1) is 15.4. The highest BCUT2D eigenvalue weighted by Crippen LogP contribution is 2.29. The van der Waals surface area contributed by atoms with Gasteiger partial charge in [-0.05, 0) is 63.1 Å². The van der Waals surface area contributed by atoms with Crippen molar-refractivity contribution in [3.05, 3.63) is 48.0 Å². The Labute approximate surface area is 189 Å². The molecule has 0 radical (unpaired) electrons. The van der Waals surface area contributed by atoms with Crippen LogP contribution in [-0.4, -0.2) is 39.9 Å². The van der Waals surface area contributed by atoms with Gasteiger partial charge in [-0.3, -0.25) is 14.5 Å². The quantitative estimate of drug-likeness (QED) is 0.621. The van der Waals surface area contributed by atoms with Crippen molar-refractivity contribution in [2.45, 2.75) is 44.4 Å². The van der Waals surface area contributed by atoms with Crippen LogP contribution in [0, 0.1) is 0 Å². The lowest BCUT2D eigenvalue weighted by molar-refractivity contribution is 0.102. The molecule has 32 heavy (non-hydrogen) atoms. The average molecular weight is 460 g/mol. The first-order valence-corrected chi connectivity index (χ1v) is 12.3. The highest BCUT2D eigenvalue weighted by atomic mass is 32.2. The van der Waals surface area contributed by atoms with E-state index < -0.39 is 10.0 Å². The van der Waals surface area contributed by atoms with Gasteiger partial charge in [-0.15, -0.1) is 0 Å². The molecule has 2 aromatic carbocycles. The van der Waals surface area contributed by atoms with Gasteiger partial charge in [0.2, 0.25) is 0 Å². The third-order valence-electron chi connectivity index (χ3n) is 4.83. The molecule has 1 heterocycles. The SMILES string of the molecule is CCOc1ccc(C(=O)Nc2cccc(S(=O)(=O)NC3=NCCCCC3)c2)cc1OCC. The van der Waals surface area contributed by atoms with E-state index >= 15 is 0 Å². The minimum Gasteiger partial charge on any atom is -0.490 e. The summed E-state index contributed by atoms with van der Waals surface area (Å²) in [5.74, 6) is 1.14. The van der Waals surface area contributed by atoms with Gasteiger partial charge in [0, 0.05) is 24.2 Å². The molecule has 0 aromatic heterocycles. The van der Waals surface area contributed by atoms with E-state index in [1.165, 1.54) is 12.1 Å². The van der Waals surface area contributed by atoms with Crippen LogP contribution >= 0.6 is 0 Å². The summed E-state index contributed by atoms with van der Waals surface area (Å²) in [6.07, 6.45) is 3.51. The van der Waals surface area contributed by atoms with Gasteiger partial charge in [0.05, 0.1) is 18.1 Å². The van der Waals surface area contributed by atoms with Crippen LogP contribution in [0.25, 0.3) is 0 Å². The average Bonchev–Trinajstić information content (AvgIpc) is 3.03. The molecule has 0 spiro atoms. The number of aliphatic imine (C=N–C) groups is 1. The lowest BCUT2D eigenvalue weighted by atomic mass is 10.2. The number of amidine groups is 1. The maximum Gasteiger partial charge on any atom is 0.262 e. The van der Waals surface area contributed by atoms with Gasteiger partial charge in [0.15, 0.2) is 11.5 Å². The molecule has 2 aromatic rings. The maximum atomic E-state index is 12.8. The lowest BCUT2D eigenvalue weighted by Gasteiger charge is -2.13. The number of hydrogen-bond acceptors (Lipinski definition) is 6. The standard InChI is InChI=1S/C23H29N3O5S/c1-3-30-20-13-12-17(15-21(20)31-4-2)23(27)25-18-9-8-10-19(16-18)32(28,29)26-22-11-6-5-7-14-24-22/h8-10,12-13,15-16H,3-7,11,14H2,1-2H3,(H,24,26)(H,25,27). The number of amides is 1. The number of carbonyl (C=O) groups excluding carboxylic acids is 1. The molecule has 0 atom stereocenters. The van der Waals surface area contributed by atoms with Crippen molar-refractivity contribution in [3.8, 4) is 11.5 Å². The Balaban J connectivity index is 1.76. The van der Waals surface area contributed by atoms with Gasteiger partial charge in [0.1, 0.15) is 5.84 Å². The van der Waals surface area contributed by atoms with E-state index in [9.17, 15) is 13.2 Å². The number of ether oxygens (including phenoxy) is 2. The molecule has 0 unspecified atom stereocenters. The van der Waals surface area contributed by atoms with E-state index in [4.69, 9.17) is 9.47 Å². The summed E-state index contributed by atoms with van der Waals surface area (Å²) in [7, 11) is -3.79. The van der Waals surface area contributed by atoms with Crippen LogP contribution in [-0.2, 0) is 10.0 Å². The van der Waals surface area contributed by atoms with Crippen LogP contribution in [0.1, 0.15) is 49.9 Å². The van der Waals surface area contributed by atoms with Crippen molar-refractivity contribution >= 4 is 27.5 Å². The van der Waals surface area contributed by atoms with Crippen LogP contribution in [0.15, 0.2) is 52.4 Å². The number of sulfonamides is 1. The molecule has 8 nitrogen and oxygen atoms in total. The van der Waals surface area contributed by atoms with Crippen molar-refractivity contribution in [1.82, 2.24) is 4.72 Å². The molecule has 1 aliphatic heterocycles. The van der Waals surface area contributed by atoms with Gasteiger partial charge >= 0.3 is 0 Å². The minimum absolute atomic E-state index is 0.0592. The number of carbonyl (C=O) groups is 1. The van der Waals surface area contributed by atoms with Crippen molar-refractivity contribution in [2.24, 2.45) is 4.99 Å². The Bertz CT molecular complexity index is 1080. The van der Waals surface area contributed by atoms with E-state index in [1.54, 1.807) is 30.3 Å². The van der Waals surface area contributed by atoms with Crippen molar-refractivity contribution in [2.75, 3.05) is 25.1 Å². The lowest BCUT2D eigenvalue weighted by Crippen LogP contribution is -2.30. The predicted molar refractivity (Wildman–Crippen MR) is 124 cm³/mol. The maximum absolute atomic E-state index is 12.8. The Morgan fingerprint density at radius 2 is 1.78 bits per heavy atom. The normalized spacial score (nSPS) is 14.1. The van der Waals surface area contributed by atoms with Crippen LogP contribution in [0.2, 0.25) is 0 Å². The van der Waals surface area contributed by atoms with Crippen molar-refractivity contribution in [1.29, 1.82) is 0 Å². The van der Waals surface area contributed by atoms with E-state index in [1.807, 2.05) is 13.8 Å². The van der Waals surface area contributed by atoms with Gasteiger partial charge in [-0.1, -0.05) is 12.5 Å². The minimum atomic E-state index is -3.79. The van der Waals surface area contributed by atoms with Gasteiger partial charge < -0.3 is 14.8 Å². The van der Waals surface area contributed by atoms with E-state index in [2.05, 4.69) is 15.0 Å². The first-order valence-electron chi connectivity index (χ1n) is 10.8. The second-order valence-corrected chi connectivity index (χ2v) is 8.94. The van der Waals surface area contributed by atoms with E-state index in [0.717, 1.165) is 19.3 Å². The fraction of sp³-hybridized carbons (Fsp3) is 0.391. The Morgan fingerprint density at radius 3 is 2.56 bits per heavy atom. The zero-order valence-corrected chi connectivity index (χ0v) is 19.2. The van der Waals surface area contributed by atoms with Crippen LogP contribution < -0.4 is 19.5 Å². The number of benzene rings is 2. The summed E-state index contributed by atoms with van der Waals surface area (Å²) >= 11 is 0. The monoisotopic (exact) mass is 459 g/mol. The van der Waals surface area contributed by atoms with Crippen LogP contribution in [0.4, 0.5) is 5.69 Å². The summed E-state index contributed by atoms with van der Waals surface area (Å²) in [5, 5.41) is 2.75. The number of anilines is 1. The molecule has 2 N–H and O–H groups in total. The highest BCUT2D eigenvalue weighted by Gasteiger charge is 2.18. The summed E-state index contributed by atoms with van der Waals surface area (Å²) in [6.45, 7) is 5.26. The van der Waals surface area contributed by atoms with Crippen LogP contribution in [0.5, 0.6) is 11.5 Å². The molecule has 0 saturated heterocycles. The fourth-order valence-electron chi connectivity index (χ4n) is 3.31. The van der Waals surface area contributed by atoms with Crippen LogP contribution in [0.3, 0.4) is 0 Å². The molecule has 172 valence electrons. The molecule has 0 aliphatic carbocycles. The molecular formula is C23H29N3O5S. The number of nitrogens with one attached hydrogen (secondary N) is 2. The van der Waals surface area contributed by atoms with E-state index in [-0.39, 0.29) is 10.8 Å². The van der Waals surface area contributed by atoms with Gasteiger partial charge in [0.25, 0.3) is 15.9 Å². The van der Waals surface area contributed by atoms with Crippen molar-refractivity contribution < 1.29 is 22.7 Å². The second-order valence-electron chi connectivity index (χ2n) is 7.25. The zero-order valence-electron chi connectivity index (χ0n) is 18.4. The van der Waals surface area contributed by atoms with Crippen molar-refractivity contribution in [3.63, 3.8) is 0 Å². The topological polar surface area (TPSA) is 106 Å². The highest BCUT2D eigenvalue weighted by molar-refractivity contribution is 7.90. The Kier molecular flexibility index (Phi) is 8.10. The molecule has 1 amide bonds. The smallest absolute Gasteiger partial charge is 0.262 e. The summed E-state index contributed by atoms with van der Waals surface area (Å²) in [5.41, 5.74) is 0.739. The Hall–Kier alpha value is -3.07. The van der Waals surface area contributed by atoms with E-state index in [0.29, 0.717) is 54.8 Å². The summed E-state index contributed by atoms with van der Waals surface area (Å²) in [4.78, 5) is 17.1. The molecule has 0 saturated carbocycles. The fourth-order valence-corrected chi connectivity index (χ4v) is 4.44. The zero-order chi connectivity index (χ0) is 23.0. The van der Waals surface area contributed by atoms with Gasteiger partial charge in [-0.25, -0.2) is 8.42 Å².